The van der Waals surface area contributed by atoms with Crippen LogP contribution in [0.3, 0.4) is 0 Å². The third kappa shape index (κ3) is 4.26. The lowest BCUT2D eigenvalue weighted by molar-refractivity contribution is 0.291. The lowest BCUT2D eigenvalue weighted by Gasteiger charge is -2.10. The molecule has 0 atom stereocenters. The zero-order valence-corrected chi connectivity index (χ0v) is 11.0. The minimum atomic E-state index is 0.595. The third-order valence-electron chi connectivity index (χ3n) is 2.60. The molecule has 0 saturated heterocycles. The molecule has 0 bridgehead atoms. The summed E-state index contributed by atoms with van der Waals surface area (Å²) in [6, 6.07) is 7.62. The highest BCUT2D eigenvalue weighted by atomic mass is 16.5. The van der Waals surface area contributed by atoms with Gasteiger partial charge in [0.1, 0.15) is 6.61 Å². The number of aromatic nitrogens is 3. The fourth-order valence-corrected chi connectivity index (χ4v) is 1.64. The van der Waals surface area contributed by atoms with Crippen LogP contribution in [0.5, 0.6) is 11.5 Å². The maximum absolute atomic E-state index is 5.64. The average molecular weight is 262 g/mol. The predicted octanol–water partition coefficient (Wildman–Crippen LogP) is 0.955. The van der Waals surface area contributed by atoms with Gasteiger partial charge in [0.25, 0.3) is 0 Å². The standard InChI is InChI=1S/C13H18N4O2/c1-18-12-4-2-3-5-13(12)19-11-8-14-6-9-17-10-7-15-16-17/h2-5,7,10,14H,6,8-9,11H2,1H3. The van der Waals surface area contributed by atoms with Gasteiger partial charge >= 0.3 is 0 Å². The Bertz CT molecular complexity index is 473. The lowest BCUT2D eigenvalue weighted by atomic mass is 10.3. The van der Waals surface area contributed by atoms with Gasteiger partial charge < -0.3 is 14.8 Å². The van der Waals surface area contributed by atoms with E-state index in [0.717, 1.165) is 31.1 Å². The van der Waals surface area contributed by atoms with Crippen LogP contribution < -0.4 is 14.8 Å². The van der Waals surface area contributed by atoms with E-state index in [9.17, 15) is 0 Å². The Morgan fingerprint density at radius 3 is 2.79 bits per heavy atom. The zero-order valence-electron chi connectivity index (χ0n) is 11.0. The van der Waals surface area contributed by atoms with Crippen molar-refractivity contribution >= 4 is 0 Å². The molecule has 0 amide bonds. The number of nitrogens with one attached hydrogen (secondary N) is 1. The predicted molar refractivity (Wildman–Crippen MR) is 71.4 cm³/mol. The van der Waals surface area contributed by atoms with E-state index in [2.05, 4.69) is 15.6 Å². The molecule has 1 N–H and O–H groups in total. The molecule has 0 fully saturated rings. The van der Waals surface area contributed by atoms with Gasteiger partial charge in [-0.2, -0.15) is 0 Å². The minimum absolute atomic E-state index is 0.595. The number of para-hydroxylation sites is 2. The van der Waals surface area contributed by atoms with E-state index in [1.165, 1.54) is 0 Å². The van der Waals surface area contributed by atoms with Gasteiger partial charge in [0, 0.05) is 19.3 Å². The lowest BCUT2D eigenvalue weighted by Crippen LogP contribution is -2.25. The molecule has 0 unspecified atom stereocenters. The van der Waals surface area contributed by atoms with Crippen molar-refractivity contribution in [3.63, 3.8) is 0 Å². The van der Waals surface area contributed by atoms with Crippen LogP contribution in [-0.2, 0) is 6.54 Å². The Hall–Kier alpha value is -2.08. The topological polar surface area (TPSA) is 61.2 Å². The normalized spacial score (nSPS) is 10.4. The maximum Gasteiger partial charge on any atom is 0.161 e. The van der Waals surface area contributed by atoms with Crippen LogP contribution >= 0.6 is 0 Å². The summed E-state index contributed by atoms with van der Waals surface area (Å²) in [5.74, 6) is 1.52. The van der Waals surface area contributed by atoms with E-state index in [1.54, 1.807) is 18.0 Å². The summed E-state index contributed by atoms with van der Waals surface area (Å²) in [6.07, 6.45) is 3.51. The molecular weight excluding hydrogens is 244 g/mol. The first-order chi connectivity index (χ1) is 9.40. The van der Waals surface area contributed by atoms with E-state index in [1.807, 2.05) is 30.5 Å². The van der Waals surface area contributed by atoms with Crippen molar-refractivity contribution in [1.82, 2.24) is 20.3 Å². The van der Waals surface area contributed by atoms with Gasteiger partial charge in [-0.05, 0) is 12.1 Å². The summed E-state index contributed by atoms with van der Waals surface area (Å²) in [6.45, 7) is 3.00. The number of hydrogen-bond donors (Lipinski definition) is 1. The molecule has 0 saturated carbocycles. The summed E-state index contributed by atoms with van der Waals surface area (Å²) in [5.41, 5.74) is 0. The van der Waals surface area contributed by atoms with Crippen LogP contribution in [0.25, 0.3) is 0 Å². The molecule has 1 heterocycles. The second kappa shape index (κ2) is 7.38. The van der Waals surface area contributed by atoms with Crippen molar-refractivity contribution in [2.45, 2.75) is 6.54 Å². The van der Waals surface area contributed by atoms with Crippen molar-refractivity contribution in [3.05, 3.63) is 36.7 Å². The van der Waals surface area contributed by atoms with Crippen LogP contribution in [-0.4, -0.2) is 41.8 Å². The van der Waals surface area contributed by atoms with Gasteiger partial charge in [-0.3, -0.25) is 4.68 Å². The molecular formula is C13H18N4O2. The molecule has 0 aliphatic rings. The zero-order chi connectivity index (χ0) is 13.3. The van der Waals surface area contributed by atoms with E-state index in [-0.39, 0.29) is 0 Å². The van der Waals surface area contributed by atoms with E-state index >= 15 is 0 Å². The summed E-state index contributed by atoms with van der Waals surface area (Å²) in [5, 5.41) is 10.9. The molecule has 0 radical (unpaired) electrons. The number of methoxy groups -OCH3 is 1. The summed E-state index contributed by atoms with van der Waals surface area (Å²) in [7, 11) is 1.64. The minimum Gasteiger partial charge on any atom is -0.493 e. The van der Waals surface area contributed by atoms with Crippen LogP contribution in [0.1, 0.15) is 0 Å². The second-order valence-electron chi connectivity index (χ2n) is 3.92. The molecule has 1 aromatic carbocycles. The monoisotopic (exact) mass is 262 g/mol. The fourth-order valence-electron chi connectivity index (χ4n) is 1.64. The van der Waals surface area contributed by atoms with Gasteiger partial charge in [0.05, 0.1) is 19.9 Å². The SMILES string of the molecule is COc1ccccc1OCCNCCn1ccnn1. The maximum atomic E-state index is 5.64. The van der Waals surface area contributed by atoms with Crippen LogP contribution in [0.4, 0.5) is 0 Å². The molecule has 2 aromatic rings. The average Bonchev–Trinajstić information content (AvgIpc) is 2.96. The van der Waals surface area contributed by atoms with Gasteiger partial charge in [0.2, 0.25) is 0 Å². The summed E-state index contributed by atoms with van der Waals surface area (Å²) >= 11 is 0. The molecule has 0 aliphatic carbocycles. The van der Waals surface area contributed by atoms with Crippen molar-refractivity contribution in [2.75, 3.05) is 26.8 Å². The summed E-state index contributed by atoms with van der Waals surface area (Å²) < 4.78 is 12.6. The van der Waals surface area contributed by atoms with Crippen molar-refractivity contribution in [2.24, 2.45) is 0 Å². The highest BCUT2D eigenvalue weighted by molar-refractivity contribution is 5.39. The second-order valence-corrected chi connectivity index (χ2v) is 3.92. The van der Waals surface area contributed by atoms with Crippen molar-refractivity contribution in [1.29, 1.82) is 0 Å². The Morgan fingerprint density at radius 1 is 1.21 bits per heavy atom. The number of ether oxygens (including phenoxy) is 2. The molecule has 102 valence electrons. The first-order valence-corrected chi connectivity index (χ1v) is 6.21. The van der Waals surface area contributed by atoms with Gasteiger partial charge in [-0.25, -0.2) is 0 Å². The van der Waals surface area contributed by atoms with Crippen LogP contribution in [0, 0.1) is 0 Å². The van der Waals surface area contributed by atoms with Crippen molar-refractivity contribution in [3.8, 4) is 11.5 Å². The molecule has 19 heavy (non-hydrogen) atoms. The Labute approximate surface area is 112 Å². The van der Waals surface area contributed by atoms with E-state index in [0.29, 0.717) is 6.61 Å². The van der Waals surface area contributed by atoms with E-state index < -0.39 is 0 Å². The van der Waals surface area contributed by atoms with E-state index in [4.69, 9.17) is 9.47 Å². The molecule has 1 aromatic heterocycles. The largest absolute Gasteiger partial charge is 0.493 e. The Morgan fingerprint density at radius 2 is 2.05 bits per heavy atom. The number of rotatable bonds is 8. The van der Waals surface area contributed by atoms with Gasteiger partial charge in [-0.15, -0.1) is 5.10 Å². The van der Waals surface area contributed by atoms with Crippen molar-refractivity contribution < 1.29 is 9.47 Å². The Balaban J connectivity index is 1.61. The van der Waals surface area contributed by atoms with Crippen LogP contribution in [0.2, 0.25) is 0 Å². The summed E-state index contributed by atoms with van der Waals surface area (Å²) in [4.78, 5) is 0. The fraction of sp³-hybridized carbons (Fsp3) is 0.385. The smallest absolute Gasteiger partial charge is 0.161 e. The number of benzene rings is 1. The quantitative estimate of drug-likeness (QED) is 0.718. The molecule has 2 rings (SSSR count). The molecule has 6 heteroatoms. The number of hydrogen-bond acceptors (Lipinski definition) is 5. The number of nitrogens with zero attached hydrogens (tertiary/aromatic N) is 3. The highest BCUT2D eigenvalue weighted by Gasteiger charge is 2.01. The molecule has 0 spiro atoms. The van der Waals surface area contributed by atoms with Crippen LogP contribution in [0.15, 0.2) is 36.7 Å². The first-order valence-electron chi connectivity index (χ1n) is 6.21. The third-order valence-corrected chi connectivity index (χ3v) is 2.60. The highest BCUT2D eigenvalue weighted by Crippen LogP contribution is 2.25. The van der Waals surface area contributed by atoms with Gasteiger partial charge in [0.15, 0.2) is 11.5 Å². The molecule has 6 nitrogen and oxygen atoms in total. The first kappa shape index (κ1) is 13.4. The molecule has 0 aliphatic heterocycles. The van der Waals surface area contributed by atoms with Gasteiger partial charge in [-0.1, -0.05) is 17.3 Å². The Kier molecular flexibility index (Phi) is 5.18.